The van der Waals surface area contributed by atoms with E-state index in [1.54, 1.807) is 19.5 Å². The fraction of sp³-hybridized carbons (Fsp3) is 0.600. The lowest BCUT2D eigenvalue weighted by molar-refractivity contribution is 0.158. The van der Waals surface area contributed by atoms with Crippen LogP contribution in [0.1, 0.15) is 19.5 Å². The molecule has 1 aromatic rings. The van der Waals surface area contributed by atoms with E-state index in [4.69, 9.17) is 4.74 Å². The summed E-state index contributed by atoms with van der Waals surface area (Å²) < 4.78 is 5.09. The first kappa shape index (κ1) is 10.9. The Balaban J connectivity index is 2.64. The lowest BCUT2D eigenvalue weighted by Gasteiger charge is -2.25. The molecule has 0 aliphatic heterocycles. The molecule has 4 nitrogen and oxygen atoms in total. The minimum atomic E-state index is -0.126. The average Bonchev–Trinajstić information content (AvgIpc) is 2.08. The molecule has 1 N–H and O–H groups in total. The maximum atomic E-state index is 5.09. The van der Waals surface area contributed by atoms with E-state index in [1.165, 1.54) is 0 Å². The number of hydrogen-bond donors (Lipinski definition) is 1. The molecule has 0 aliphatic rings. The Morgan fingerprint density at radius 2 is 2.07 bits per heavy atom. The van der Waals surface area contributed by atoms with Gasteiger partial charge in [0.25, 0.3) is 0 Å². The molecule has 14 heavy (non-hydrogen) atoms. The number of ether oxygens (including phenoxy) is 1. The van der Waals surface area contributed by atoms with Gasteiger partial charge < -0.3 is 10.1 Å². The number of aryl methyl sites for hydroxylation is 1. The highest BCUT2D eigenvalue weighted by Gasteiger charge is 2.17. The van der Waals surface area contributed by atoms with Crippen molar-refractivity contribution in [2.45, 2.75) is 26.3 Å². The van der Waals surface area contributed by atoms with E-state index in [9.17, 15) is 0 Å². The molecule has 78 valence electrons. The Morgan fingerprint density at radius 1 is 1.36 bits per heavy atom. The highest BCUT2D eigenvalue weighted by molar-refractivity contribution is 5.34. The Kier molecular flexibility index (Phi) is 3.41. The molecule has 0 amide bonds. The zero-order valence-corrected chi connectivity index (χ0v) is 9.16. The molecule has 0 unspecified atom stereocenters. The van der Waals surface area contributed by atoms with Crippen molar-refractivity contribution in [3.63, 3.8) is 0 Å². The van der Waals surface area contributed by atoms with E-state index >= 15 is 0 Å². The molecule has 0 aromatic carbocycles. The van der Waals surface area contributed by atoms with Crippen molar-refractivity contribution in [3.8, 4) is 0 Å². The van der Waals surface area contributed by atoms with Crippen molar-refractivity contribution < 1.29 is 4.74 Å². The summed E-state index contributed by atoms with van der Waals surface area (Å²) >= 11 is 0. The van der Waals surface area contributed by atoms with Crippen LogP contribution in [0.3, 0.4) is 0 Å². The van der Waals surface area contributed by atoms with Crippen LogP contribution in [0, 0.1) is 6.92 Å². The van der Waals surface area contributed by atoms with E-state index in [-0.39, 0.29) is 5.54 Å². The minimum Gasteiger partial charge on any atom is -0.382 e. The van der Waals surface area contributed by atoms with E-state index in [0.717, 1.165) is 11.5 Å². The Morgan fingerprint density at radius 3 is 2.57 bits per heavy atom. The van der Waals surface area contributed by atoms with E-state index < -0.39 is 0 Å². The Hall–Kier alpha value is -1.16. The first-order valence-corrected chi connectivity index (χ1v) is 4.59. The summed E-state index contributed by atoms with van der Waals surface area (Å²) in [4.78, 5) is 8.37. The monoisotopic (exact) mass is 195 g/mol. The highest BCUT2D eigenvalue weighted by atomic mass is 16.5. The van der Waals surface area contributed by atoms with Crippen molar-refractivity contribution in [1.29, 1.82) is 0 Å². The van der Waals surface area contributed by atoms with Crippen LogP contribution in [0.2, 0.25) is 0 Å². The van der Waals surface area contributed by atoms with E-state index in [1.807, 2.05) is 6.92 Å². The molecule has 0 saturated heterocycles. The van der Waals surface area contributed by atoms with Crippen molar-refractivity contribution in [3.05, 3.63) is 18.1 Å². The van der Waals surface area contributed by atoms with Gasteiger partial charge in [-0.15, -0.1) is 0 Å². The van der Waals surface area contributed by atoms with Gasteiger partial charge in [-0.3, -0.25) is 4.98 Å². The molecule has 1 heterocycles. The lowest BCUT2D eigenvalue weighted by Crippen LogP contribution is -2.36. The molecule has 0 fully saturated rings. The van der Waals surface area contributed by atoms with Crippen LogP contribution in [0.5, 0.6) is 0 Å². The zero-order valence-electron chi connectivity index (χ0n) is 9.16. The van der Waals surface area contributed by atoms with Gasteiger partial charge in [0.15, 0.2) is 0 Å². The molecule has 0 atom stereocenters. The van der Waals surface area contributed by atoms with Gasteiger partial charge in [-0.1, -0.05) is 0 Å². The van der Waals surface area contributed by atoms with Gasteiger partial charge >= 0.3 is 0 Å². The van der Waals surface area contributed by atoms with Gasteiger partial charge in [0.1, 0.15) is 5.82 Å². The first-order chi connectivity index (χ1) is 6.53. The third-order valence-electron chi connectivity index (χ3n) is 1.75. The molecule has 1 aromatic heterocycles. The maximum Gasteiger partial charge on any atom is 0.144 e. The number of aromatic nitrogens is 2. The minimum absolute atomic E-state index is 0.126. The summed E-state index contributed by atoms with van der Waals surface area (Å²) in [5.74, 6) is 0.776. The Labute approximate surface area is 84.7 Å². The van der Waals surface area contributed by atoms with Crippen molar-refractivity contribution in [2.75, 3.05) is 19.0 Å². The number of anilines is 1. The van der Waals surface area contributed by atoms with Crippen molar-refractivity contribution >= 4 is 5.82 Å². The second-order valence-electron chi connectivity index (χ2n) is 3.98. The molecule has 0 bridgehead atoms. The van der Waals surface area contributed by atoms with Crippen LogP contribution < -0.4 is 5.32 Å². The third kappa shape index (κ3) is 3.30. The van der Waals surface area contributed by atoms with Crippen LogP contribution in [-0.2, 0) is 4.74 Å². The average molecular weight is 195 g/mol. The van der Waals surface area contributed by atoms with Crippen LogP contribution in [0.15, 0.2) is 12.4 Å². The van der Waals surface area contributed by atoms with Gasteiger partial charge in [-0.05, 0) is 20.8 Å². The second-order valence-corrected chi connectivity index (χ2v) is 3.98. The maximum absolute atomic E-state index is 5.09. The predicted octanol–water partition coefficient (Wildman–Crippen LogP) is 1.62. The molecule has 4 heteroatoms. The predicted molar refractivity (Wildman–Crippen MR) is 56.3 cm³/mol. The summed E-state index contributed by atoms with van der Waals surface area (Å²) in [6.45, 7) is 6.65. The largest absolute Gasteiger partial charge is 0.382 e. The fourth-order valence-corrected chi connectivity index (χ4v) is 1.20. The summed E-state index contributed by atoms with van der Waals surface area (Å²) in [6, 6.07) is 0. The fourth-order valence-electron chi connectivity index (χ4n) is 1.20. The molecule has 0 aliphatic carbocycles. The smallest absolute Gasteiger partial charge is 0.144 e. The number of nitrogens with zero attached hydrogens (tertiary/aromatic N) is 2. The topological polar surface area (TPSA) is 47.0 Å². The Bertz CT molecular complexity index is 282. The summed E-state index contributed by atoms with van der Waals surface area (Å²) in [7, 11) is 1.68. The van der Waals surface area contributed by atoms with Crippen molar-refractivity contribution in [2.24, 2.45) is 0 Å². The van der Waals surface area contributed by atoms with Gasteiger partial charge in [0.05, 0.1) is 30.2 Å². The number of rotatable bonds is 4. The summed E-state index contributed by atoms with van der Waals surface area (Å²) in [6.07, 6.45) is 3.47. The second kappa shape index (κ2) is 4.37. The van der Waals surface area contributed by atoms with Crippen LogP contribution in [0.25, 0.3) is 0 Å². The van der Waals surface area contributed by atoms with Gasteiger partial charge in [0, 0.05) is 7.11 Å². The van der Waals surface area contributed by atoms with Crippen LogP contribution >= 0.6 is 0 Å². The standard InChI is InChI=1S/C10H17N3O/c1-8-5-12-9(6-11-8)13-10(2,3)7-14-4/h5-6H,7H2,1-4H3,(H,12,13). The zero-order chi connectivity index (χ0) is 10.6. The van der Waals surface area contributed by atoms with E-state index in [2.05, 4.69) is 29.1 Å². The molecule has 0 saturated carbocycles. The molecular weight excluding hydrogens is 178 g/mol. The molecular formula is C10H17N3O. The molecule has 1 rings (SSSR count). The van der Waals surface area contributed by atoms with Crippen molar-refractivity contribution in [1.82, 2.24) is 9.97 Å². The van der Waals surface area contributed by atoms with Gasteiger partial charge in [-0.25, -0.2) is 4.98 Å². The normalized spacial score (nSPS) is 11.4. The number of hydrogen-bond acceptors (Lipinski definition) is 4. The third-order valence-corrected chi connectivity index (χ3v) is 1.75. The molecule has 0 radical (unpaired) electrons. The quantitative estimate of drug-likeness (QED) is 0.793. The SMILES string of the molecule is COCC(C)(C)Nc1cnc(C)cn1. The van der Waals surface area contributed by atoms with E-state index in [0.29, 0.717) is 6.61 Å². The van der Waals surface area contributed by atoms with Gasteiger partial charge in [0.2, 0.25) is 0 Å². The van der Waals surface area contributed by atoms with Crippen LogP contribution in [0.4, 0.5) is 5.82 Å². The lowest BCUT2D eigenvalue weighted by atomic mass is 10.1. The first-order valence-electron chi connectivity index (χ1n) is 4.59. The number of methoxy groups -OCH3 is 1. The highest BCUT2D eigenvalue weighted by Crippen LogP contribution is 2.11. The summed E-state index contributed by atoms with van der Waals surface area (Å²) in [5.41, 5.74) is 0.790. The summed E-state index contributed by atoms with van der Waals surface area (Å²) in [5, 5.41) is 3.25. The van der Waals surface area contributed by atoms with Gasteiger partial charge in [-0.2, -0.15) is 0 Å². The van der Waals surface area contributed by atoms with Crippen LogP contribution in [-0.4, -0.2) is 29.2 Å². The number of nitrogens with one attached hydrogen (secondary N) is 1. The molecule has 0 spiro atoms.